The number of primary amides is 1. The molecule has 6 aliphatic heterocycles. The molecule has 1 fully saturated rings. The van der Waals surface area contributed by atoms with E-state index in [1.165, 1.54) is 55.5 Å². The first-order valence-corrected chi connectivity index (χ1v) is 29.9. The Balaban J connectivity index is 1.33. The number of nitrogens with two attached hydrogens (primary N) is 1. The van der Waals surface area contributed by atoms with Gasteiger partial charge in [0.2, 0.25) is 53.4 Å². The van der Waals surface area contributed by atoms with Gasteiger partial charge in [0.15, 0.2) is 17.3 Å². The molecular formula is C65H76N8O20. The number of carbonyl (C=O) groups excluding carboxylic acids is 8. The van der Waals surface area contributed by atoms with Gasteiger partial charge in [0.25, 0.3) is 0 Å². The monoisotopic (exact) mass is 1290 g/mol. The Labute approximate surface area is 533 Å². The topological polar surface area (TPSA) is 437 Å². The maximum atomic E-state index is 16.0. The molecule has 11 rings (SSSR count). The molecule has 93 heavy (non-hydrogen) atoms. The molecule has 5 aromatic rings. The molecule has 6 heterocycles. The predicted molar refractivity (Wildman–Crippen MR) is 328 cm³/mol. The number of aliphatic hydroxyl groups excluding tert-OH is 5. The summed E-state index contributed by atoms with van der Waals surface area (Å²) >= 11 is 0. The van der Waals surface area contributed by atoms with Gasteiger partial charge in [-0.2, -0.15) is 0 Å². The Morgan fingerprint density at radius 1 is 0.677 bits per heavy atom. The summed E-state index contributed by atoms with van der Waals surface area (Å²) in [6.45, 7) is 10.1. The number of nitrogens with zero attached hydrogens (tertiary/aromatic N) is 1. The van der Waals surface area contributed by atoms with E-state index >= 15 is 19.2 Å². The van der Waals surface area contributed by atoms with Crippen LogP contribution in [0.25, 0.3) is 11.1 Å². The van der Waals surface area contributed by atoms with E-state index in [0.29, 0.717) is 17.5 Å². The Hall–Kier alpha value is -9.42. The number of nitrogens with one attached hydrogen (secondary N) is 6. The van der Waals surface area contributed by atoms with Crippen LogP contribution in [0.5, 0.6) is 46.0 Å². The molecule has 0 aliphatic carbocycles. The standard InChI is InChI=1S/C65H76N8O20/c1-25(2)16-38(73(8)9)60(85)72-52-54(80)33-12-15-42(27(4)18-33)91-44-21-34-20-43(58(44)93-65-57(83)56(82)55(81)45(24-74)92-65)90-41-14-11-31(17-26(41)3)28(5)48-61(86)69-49(30(7)75)36-22-40(77)29(6)53(79)47(36)35-19-32(10-13-39(35)76)50(62(87)68-48)71-63(88)51(34)70-59(84)37(23-46(66)78)67-64(52)89/h10-15,17-22,25,28,37-38,45,48-52,54-57,65,74,76-77,79-83H,16,23-24H2,1-9H3,(H2,66,78)(H,67,89)(H,68,87)(H,69,86)(H,70,84)(H,71,88)(H,72,85). The highest BCUT2D eigenvalue weighted by Gasteiger charge is 2.47. The van der Waals surface area contributed by atoms with Gasteiger partial charge in [0, 0.05) is 22.6 Å². The highest BCUT2D eigenvalue weighted by molar-refractivity contribution is 6.01. The van der Waals surface area contributed by atoms with Crippen LogP contribution in [0, 0.1) is 26.7 Å². The van der Waals surface area contributed by atoms with Gasteiger partial charge in [-0.1, -0.05) is 45.0 Å². The van der Waals surface area contributed by atoms with Gasteiger partial charge in [0.1, 0.15) is 95.5 Å². The fraction of sp³-hybridized carbons (Fsp3) is 0.415. The van der Waals surface area contributed by atoms with Gasteiger partial charge >= 0.3 is 0 Å². The van der Waals surface area contributed by atoms with Crippen molar-refractivity contribution in [2.75, 3.05) is 20.7 Å². The number of likely N-dealkylation sites (N-methyl/N-ethyl adjacent to an activating group) is 1. The molecular weight excluding hydrogens is 1210 g/mol. The van der Waals surface area contributed by atoms with Crippen LogP contribution in [0.2, 0.25) is 0 Å². The van der Waals surface area contributed by atoms with Crippen LogP contribution in [-0.4, -0.2) is 168 Å². The molecule has 496 valence electrons. The lowest BCUT2D eigenvalue weighted by molar-refractivity contribution is -0.277. The normalized spacial score (nSPS) is 26.0. The Kier molecular flexibility index (Phi) is 20.0. The third kappa shape index (κ3) is 14.0. The van der Waals surface area contributed by atoms with E-state index in [9.17, 15) is 60.0 Å². The van der Waals surface area contributed by atoms with Crippen molar-refractivity contribution >= 4 is 47.1 Å². The molecule has 5 aromatic carbocycles. The largest absolute Gasteiger partial charge is 0.508 e. The van der Waals surface area contributed by atoms with Gasteiger partial charge in [-0.3, -0.25) is 43.3 Å². The van der Waals surface area contributed by atoms with Crippen LogP contribution in [0.15, 0.2) is 72.8 Å². The van der Waals surface area contributed by atoms with E-state index in [0.717, 1.165) is 25.1 Å². The highest BCUT2D eigenvalue weighted by Crippen LogP contribution is 2.49. The van der Waals surface area contributed by atoms with E-state index in [1.54, 1.807) is 45.8 Å². The number of hydrogen-bond donors (Lipinski definition) is 15. The Morgan fingerprint density at radius 2 is 1.27 bits per heavy atom. The zero-order valence-corrected chi connectivity index (χ0v) is 52.2. The summed E-state index contributed by atoms with van der Waals surface area (Å²) in [6.07, 6.45) is -12.0. The van der Waals surface area contributed by atoms with Crippen molar-refractivity contribution in [2.24, 2.45) is 11.7 Å². The average Bonchev–Trinajstić information content (AvgIpc) is 0.773. The number of fused-ring (bicyclic) bond motifs is 15. The zero-order valence-electron chi connectivity index (χ0n) is 52.2. The lowest BCUT2D eigenvalue weighted by Gasteiger charge is -2.39. The van der Waals surface area contributed by atoms with Crippen molar-refractivity contribution < 1.29 is 98.2 Å². The lowest BCUT2D eigenvalue weighted by atomic mass is 9.86. The number of aliphatic hydroxyl groups is 5. The van der Waals surface area contributed by atoms with E-state index in [4.69, 9.17) is 24.7 Å². The van der Waals surface area contributed by atoms with Crippen molar-refractivity contribution in [3.63, 3.8) is 0 Å². The summed E-state index contributed by atoms with van der Waals surface area (Å²) in [5.41, 5.74) is 5.42. The van der Waals surface area contributed by atoms with Gasteiger partial charge in [-0.15, -0.1) is 0 Å². The molecule has 0 aromatic heterocycles. The molecule has 0 spiro atoms. The molecule has 28 heteroatoms. The van der Waals surface area contributed by atoms with Gasteiger partial charge < -0.3 is 97.4 Å². The van der Waals surface area contributed by atoms with Gasteiger partial charge in [-0.25, -0.2) is 0 Å². The van der Waals surface area contributed by atoms with Crippen LogP contribution in [0.3, 0.4) is 0 Å². The van der Waals surface area contributed by atoms with Crippen molar-refractivity contribution in [3.8, 4) is 57.1 Å². The van der Waals surface area contributed by atoms with Crippen molar-refractivity contribution in [3.05, 3.63) is 117 Å². The predicted octanol–water partition coefficient (Wildman–Crippen LogP) is 1.40. The van der Waals surface area contributed by atoms with Gasteiger partial charge in [0.05, 0.1) is 19.1 Å². The summed E-state index contributed by atoms with van der Waals surface area (Å²) in [5, 5.41) is 106. The molecule has 7 amide bonds. The molecule has 11 bridgehead atoms. The Morgan fingerprint density at radius 3 is 1.86 bits per heavy atom. The fourth-order valence-corrected chi connectivity index (χ4v) is 11.8. The zero-order chi connectivity index (χ0) is 67.9. The molecule has 1 saturated heterocycles. The van der Waals surface area contributed by atoms with Crippen LogP contribution >= 0.6 is 0 Å². The number of ether oxygens (including phenoxy) is 4. The quantitative estimate of drug-likeness (QED) is 0.0889. The second-order valence-corrected chi connectivity index (χ2v) is 24.5. The summed E-state index contributed by atoms with van der Waals surface area (Å²) in [4.78, 5) is 119. The maximum absolute atomic E-state index is 16.0. The van der Waals surface area contributed by atoms with E-state index in [2.05, 4.69) is 31.9 Å². The van der Waals surface area contributed by atoms with E-state index in [-0.39, 0.29) is 61.9 Å². The maximum Gasteiger partial charge on any atom is 0.248 e. The molecule has 28 nitrogen and oxygen atoms in total. The minimum Gasteiger partial charge on any atom is -0.508 e. The Bertz CT molecular complexity index is 3800. The van der Waals surface area contributed by atoms with Crippen LogP contribution in [0.4, 0.5) is 0 Å². The molecule has 16 N–H and O–H groups in total. The third-order valence-corrected chi connectivity index (χ3v) is 17.1. The fourth-order valence-electron chi connectivity index (χ4n) is 11.8. The SMILES string of the molecule is CC(=O)C1NC(=O)C2NC(=O)C(NC(=O)C3NC(=O)C(CC(N)=O)NC(=O)C(NC(=O)C(CC(C)C)N(C)C)C(O)c4ccc(c(C)c4)Oc4cc3cc(c4OC3OC(CO)C(O)C(O)C3O)Oc3ccc(cc3C)C2C)c2ccc(O)c(c2)-c2c1cc(O)c(C)c2O. The number of ketones is 1. The second kappa shape index (κ2) is 27.4. The first kappa shape index (κ1) is 68.0. The van der Waals surface area contributed by atoms with E-state index in [1.807, 2.05) is 13.8 Å². The average molecular weight is 1290 g/mol. The lowest BCUT2D eigenvalue weighted by Crippen LogP contribution is -2.60. The van der Waals surface area contributed by atoms with Crippen molar-refractivity contribution in [2.45, 2.75) is 146 Å². The summed E-state index contributed by atoms with van der Waals surface area (Å²) in [7, 11) is 3.28. The second-order valence-electron chi connectivity index (χ2n) is 24.5. The van der Waals surface area contributed by atoms with Crippen molar-refractivity contribution in [1.82, 2.24) is 36.8 Å². The van der Waals surface area contributed by atoms with Crippen LogP contribution in [0.1, 0.15) is 115 Å². The number of carbonyl (C=O) groups is 8. The first-order chi connectivity index (χ1) is 43.9. The molecule has 0 radical (unpaired) electrons. The van der Waals surface area contributed by atoms with E-state index < -0.39 is 180 Å². The summed E-state index contributed by atoms with van der Waals surface area (Å²) < 4.78 is 25.6. The molecule has 6 aliphatic rings. The molecule has 14 unspecified atom stereocenters. The summed E-state index contributed by atoms with van der Waals surface area (Å²) in [5.74, 6) is -12.6. The van der Waals surface area contributed by atoms with Crippen molar-refractivity contribution in [1.29, 1.82) is 0 Å². The van der Waals surface area contributed by atoms with Crippen LogP contribution < -0.4 is 51.8 Å². The number of amides is 7. The first-order valence-electron chi connectivity index (χ1n) is 29.9. The minimum atomic E-state index is -2.17. The number of Topliss-reactive ketones (excluding diaryl/α,β-unsaturated/α-hetero) is 1. The smallest absolute Gasteiger partial charge is 0.248 e. The third-order valence-electron chi connectivity index (χ3n) is 17.1. The number of benzene rings is 5. The minimum absolute atomic E-state index is 0.0204. The number of phenolic OH excluding ortho intramolecular Hbond substituents is 3. The highest BCUT2D eigenvalue weighted by atomic mass is 16.7. The van der Waals surface area contributed by atoms with Crippen LogP contribution in [-0.2, 0) is 43.1 Å². The number of hydrogen-bond acceptors (Lipinski definition) is 21. The number of aryl methyl sites for hydroxylation is 2. The number of rotatable bonds is 11. The number of aromatic hydroxyl groups is 3. The molecule has 14 atom stereocenters. The van der Waals surface area contributed by atoms with Gasteiger partial charge in [-0.05, 0) is 142 Å². The summed E-state index contributed by atoms with van der Waals surface area (Å²) in [6, 6.07) is 3.50. The number of phenols is 3. The molecule has 0 saturated carbocycles.